The van der Waals surface area contributed by atoms with Gasteiger partial charge in [-0.25, -0.2) is 4.39 Å². The van der Waals surface area contributed by atoms with E-state index in [4.69, 9.17) is 0 Å². The number of hydrogen-bond acceptors (Lipinski definition) is 2. The molecule has 0 aliphatic heterocycles. The van der Waals surface area contributed by atoms with E-state index in [9.17, 15) is 4.39 Å². The van der Waals surface area contributed by atoms with Gasteiger partial charge in [-0.3, -0.25) is 5.10 Å². The molecular weight excluding hydrogens is 205 g/mol. The van der Waals surface area contributed by atoms with Crippen molar-refractivity contribution in [2.45, 2.75) is 18.9 Å². The number of nitrogens with zero attached hydrogens (tertiary/aromatic N) is 1. The second-order valence-electron chi connectivity index (χ2n) is 4.10. The molecule has 1 aliphatic carbocycles. The molecule has 1 aromatic carbocycles. The fraction of sp³-hybridized carbons (Fsp3) is 0.250. The number of aromatic nitrogens is 2. The molecule has 3 nitrogen and oxygen atoms in total. The summed E-state index contributed by atoms with van der Waals surface area (Å²) in [6.45, 7) is 0. The topological polar surface area (TPSA) is 40.7 Å². The summed E-state index contributed by atoms with van der Waals surface area (Å²) in [5.41, 5.74) is 1.65. The van der Waals surface area contributed by atoms with E-state index < -0.39 is 0 Å². The van der Waals surface area contributed by atoms with E-state index in [-0.39, 0.29) is 5.82 Å². The van der Waals surface area contributed by atoms with Gasteiger partial charge in [0.05, 0.1) is 5.69 Å². The van der Waals surface area contributed by atoms with Crippen molar-refractivity contribution in [3.05, 3.63) is 36.1 Å². The Morgan fingerprint density at radius 1 is 1.31 bits per heavy atom. The van der Waals surface area contributed by atoms with Crippen LogP contribution in [-0.2, 0) is 0 Å². The first-order valence-corrected chi connectivity index (χ1v) is 5.39. The van der Waals surface area contributed by atoms with Crippen molar-refractivity contribution >= 4 is 5.82 Å². The SMILES string of the molecule is Fc1cccc(-c2cc(NC3CC3)n[nH]2)c1. The summed E-state index contributed by atoms with van der Waals surface area (Å²) in [5.74, 6) is 0.602. The van der Waals surface area contributed by atoms with Crippen LogP contribution >= 0.6 is 0 Å². The smallest absolute Gasteiger partial charge is 0.148 e. The summed E-state index contributed by atoms with van der Waals surface area (Å²) < 4.78 is 13.0. The van der Waals surface area contributed by atoms with E-state index in [0.29, 0.717) is 6.04 Å². The molecule has 0 amide bonds. The predicted octanol–water partition coefficient (Wildman–Crippen LogP) is 2.79. The molecule has 0 bridgehead atoms. The minimum absolute atomic E-state index is 0.233. The summed E-state index contributed by atoms with van der Waals surface area (Å²) in [6, 6.07) is 8.96. The minimum Gasteiger partial charge on any atom is -0.366 e. The number of halogens is 1. The van der Waals surface area contributed by atoms with Crippen molar-refractivity contribution in [3.8, 4) is 11.3 Å². The average Bonchev–Trinajstić information content (AvgIpc) is 2.94. The normalized spacial score (nSPS) is 15.1. The van der Waals surface area contributed by atoms with Gasteiger partial charge in [-0.2, -0.15) is 5.10 Å². The van der Waals surface area contributed by atoms with E-state index in [1.165, 1.54) is 25.0 Å². The van der Waals surface area contributed by atoms with Crippen LogP contribution in [-0.4, -0.2) is 16.2 Å². The van der Waals surface area contributed by atoms with Crippen LogP contribution in [0.5, 0.6) is 0 Å². The van der Waals surface area contributed by atoms with Crippen molar-refractivity contribution in [2.24, 2.45) is 0 Å². The van der Waals surface area contributed by atoms with E-state index in [1.54, 1.807) is 6.07 Å². The largest absolute Gasteiger partial charge is 0.366 e. The lowest BCUT2D eigenvalue weighted by atomic mass is 10.1. The van der Waals surface area contributed by atoms with Gasteiger partial charge in [0, 0.05) is 17.7 Å². The van der Waals surface area contributed by atoms with Gasteiger partial charge in [0.1, 0.15) is 11.6 Å². The molecule has 2 N–H and O–H groups in total. The van der Waals surface area contributed by atoms with E-state index in [1.807, 2.05) is 12.1 Å². The summed E-state index contributed by atoms with van der Waals surface area (Å²) in [7, 11) is 0. The van der Waals surface area contributed by atoms with Crippen molar-refractivity contribution in [3.63, 3.8) is 0 Å². The van der Waals surface area contributed by atoms with Crippen molar-refractivity contribution in [2.75, 3.05) is 5.32 Å². The molecule has 0 spiro atoms. The molecule has 1 heterocycles. The maximum Gasteiger partial charge on any atom is 0.148 e. The Bertz CT molecular complexity index is 502. The fourth-order valence-corrected chi connectivity index (χ4v) is 1.64. The van der Waals surface area contributed by atoms with Crippen LogP contribution in [0.3, 0.4) is 0 Å². The Morgan fingerprint density at radius 3 is 2.94 bits per heavy atom. The van der Waals surface area contributed by atoms with Gasteiger partial charge in [0.2, 0.25) is 0 Å². The van der Waals surface area contributed by atoms with Crippen LogP contribution in [0.4, 0.5) is 10.2 Å². The van der Waals surface area contributed by atoms with Crippen LogP contribution in [0.15, 0.2) is 30.3 Å². The van der Waals surface area contributed by atoms with Crippen LogP contribution in [0.1, 0.15) is 12.8 Å². The quantitative estimate of drug-likeness (QED) is 0.830. The van der Waals surface area contributed by atoms with Gasteiger partial charge in [-0.15, -0.1) is 0 Å². The first-order chi connectivity index (χ1) is 7.81. The summed E-state index contributed by atoms with van der Waals surface area (Å²) in [5, 5.41) is 10.3. The summed E-state index contributed by atoms with van der Waals surface area (Å²) >= 11 is 0. The molecule has 1 fully saturated rings. The zero-order valence-electron chi connectivity index (χ0n) is 8.70. The maximum atomic E-state index is 13.0. The minimum atomic E-state index is -0.233. The van der Waals surface area contributed by atoms with Crippen LogP contribution in [0, 0.1) is 5.82 Å². The van der Waals surface area contributed by atoms with Crippen LogP contribution < -0.4 is 5.32 Å². The number of nitrogens with one attached hydrogen (secondary N) is 2. The third-order valence-electron chi connectivity index (χ3n) is 2.64. The second-order valence-corrected chi connectivity index (χ2v) is 4.10. The molecule has 16 heavy (non-hydrogen) atoms. The zero-order chi connectivity index (χ0) is 11.0. The average molecular weight is 217 g/mol. The number of hydrogen-bond donors (Lipinski definition) is 2. The zero-order valence-corrected chi connectivity index (χ0v) is 8.70. The molecule has 1 saturated carbocycles. The number of H-pyrrole nitrogens is 1. The second kappa shape index (κ2) is 3.63. The van der Waals surface area contributed by atoms with E-state index in [0.717, 1.165) is 17.1 Å². The maximum absolute atomic E-state index is 13.0. The Kier molecular flexibility index (Phi) is 2.13. The van der Waals surface area contributed by atoms with Gasteiger partial charge < -0.3 is 5.32 Å². The molecule has 2 aromatic rings. The molecule has 82 valence electrons. The van der Waals surface area contributed by atoms with E-state index in [2.05, 4.69) is 15.5 Å². The van der Waals surface area contributed by atoms with Gasteiger partial charge in [0.25, 0.3) is 0 Å². The van der Waals surface area contributed by atoms with Crippen LogP contribution in [0.2, 0.25) is 0 Å². The summed E-state index contributed by atoms with van der Waals surface area (Å²) in [4.78, 5) is 0. The highest BCUT2D eigenvalue weighted by atomic mass is 19.1. The number of benzene rings is 1. The highest BCUT2D eigenvalue weighted by molar-refractivity contribution is 5.62. The predicted molar refractivity (Wildman–Crippen MR) is 60.6 cm³/mol. The Morgan fingerprint density at radius 2 is 2.19 bits per heavy atom. The molecule has 1 aromatic heterocycles. The molecule has 0 atom stereocenters. The Labute approximate surface area is 92.7 Å². The first-order valence-electron chi connectivity index (χ1n) is 5.39. The lowest BCUT2D eigenvalue weighted by molar-refractivity contribution is 0.628. The van der Waals surface area contributed by atoms with Crippen LogP contribution in [0.25, 0.3) is 11.3 Å². The van der Waals surface area contributed by atoms with Crippen molar-refractivity contribution < 1.29 is 4.39 Å². The van der Waals surface area contributed by atoms with E-state index >= 15 is 0 Å². The first kappa shape index (κ1) is 9.39. The monoisotopic (exact) mass is 217 g/mol. The van der Waals surface area contributed by atoms with Gasteiger partial charge in [0.15, 0.2) is 0 Å². The third-order valence-corrected chi connectivity index (χ3v) is 2.64. The van der Waals surface area contributed by atoms with Crippen molar-refractivity contribution in [1.29, 1.82) is 0 Å². The molecule has 0 unspecified atom stereocenters. The molecular formula is C12H12FN3. The fourth-order valence-electron chi connectivity index (χ4n) is 1.64. The molecule has 3 rings (SSSR count). The Balaban J connectivity index is 1.85. The molecule has 1 aliphatic rings. The lowest BCUT2D eigenvalue weighted by Gasteiger charge is -1.97. The Hall–Kier alpha value is -1.84. The molecule has 4 heteroatoms. The molecule has 0 saturated heterocycles. The van der Waals surface area contributed by atoms with Gasteiger partial charge >= 0.3 is 0 Å². The van der Waals surface area contributed by atoms with Gasteiger partial charge in [-0.1, -0.05) is 12.1 Å². The highest BCUT2D eigenvalue weighted by Gasteiger charge is 2.21. The summed E-state index contributed by atoms with van der Waals surface area (Å²) in [6.07, 6.45) is 2.42. The lowest BCUT2D eigenvalue weighted by Crippen LogP contribution is -2.00. The van der Waals surface area contributed by atoms with Crippen molar-refractivity contribution in [1.82, 2.24) is 10.2 Å². The number of rotatable bonds is 3. The van der Waals surface area contributed by atoms with Gasteiger partial charge in [-0.05, 0) is 25.0 Å². The standard InChI is InChI=1S/C12H12FN3/c13-9-3-1-2-8(6-9)11-7-12(16-15-11)14-10-4-5-10/h1-3,6-7,10H,4-5H2,(H2,14,15,16). The highest BCUT2D eigenvalue weighted by Crippen LogP contribution is 2.26. The number of aromatic amines is 1. The number of anilines is 1. The third kappa shape index (κ3) is 1.91. The molecule has 0 radical (unpaired) electrons.